The number of halogens is 1. The minimum Gasteiger partial charge on any atom is -0.454 e. The molecule has 2 aromatic heterocycles. The zero-order chi connectivity index (χ0) is 31.3. The summed E-state index contributed by atoms with van der Waals surface area (Å²) in [6.45, 7) is 0. The second-order valence-corrected chi connectivity index (χ2v) is 11.8. The molecule has 0 N–H and O–H groups in total. The zero-order valence-electron chi connectivity index (χ0n) is 25.2. The fraction of sp³-hybridized carbons (Fsp3) is 0. The van der Waals surface area contributed by atoms with Crippen molar-refractivity contribution in [2.24, 2.45) is 0 Å². The summed E-state index contributed by atoms with van der Waals surface area (Å²) < 4.78 is 13.1. The number of hydrogen-bond donors (Lipinski definition) is 0. The molecule has 0 saturated carbocycles. The Morgan fingerprint density at radius 3 is 1.17 bits per heavy atom. The van der Waals surface area contributed by atoms with Crippen molar-refractivity contribution in [1.29, 1.82) is 0 Å². The Morgan fingerprint density at radius 1 is 0.340 bits per heavy atom. The molecule has 4 nitrogen and oxygen atoms in total. The molecule has 224 valence electrons. The van der Waals surface area contributed by atoms with Gasteiger partial charge in [0.05, 0.1) is 27.8 Å². The Balaban J connectivity index is 1.30. The Morgan fingerprint density at radius 2 is 0.702 bits per heavy atom. The van der Waals surface area contributed by atoms with Crippen LogP contribution in [-0.4, -0.2) is 0 Å². The molecule has 0 unspecified atom stereocenters. The lowest BCUT2D eigenvalue weighted by Gasteiger charge is -2.30. The molecule has 0 atom stereocenters. The normalized spacial score (nSPS) is 11.5. The van der Waals surface area contributed by atoms with E-state index in [1.54, 1.807) is 0 Å². The lowest BCUT2D eigenvalue weighted by atomic mass is 10.1. The van der Waals surface area contributed by atoms with Crippen LogP contribution in [0.25, 0.3) is 43.9 Å². The van der Waals surface area contributed by atoms with Crippen LogP contribution < -0.4 is 9.80 Å². The third kappa shape index (κ3) is 4.45. The van der Waals surface area contributed by atoms with E-state index in [2.05, 4.69) is 101 Å². The Hall–Kier alpha value is -5.97. The molecule has 0 fully saturated rings. The van der Waals surface area contributed by atoms with Gasteiger partial charge >= 0.3 is 0 Å². The summed E-state index contributed by atoms with van der Waals surface area (Å²) in [6, 6.07) is 55.6. The van der Waals surface area contributed by atoms with Gasteiger partial charge in [-0.25, -0.2) is 0 Å². The monoisotopic (exact) mass is 626 g/mol. The maximum Gasteiger partial charge on any atom is 0.159 e. The SMILES string of the molecule is Clc1c(N(c2ccccc2)c2cccc3c2oc2ccccc23)cccc1N(c1ccccc1)c1cccc2c1oc1ccccc12. The van der Waals surface area contributed by atoms with E-state index in [1.165, 1.54) is 0 Å². The highest BCUT2D eigenvalue weighted by Crippen LogP contribution is 2.50. The Bertz CT molecular complexity index is 2380. The van der Waals surface area contributed by atoms with Crippen LogP contribution >= 0.6 is 11.6 Å². The van der Waals surface area contributed by atoms with Crippen LogP contribution in [0.1, 0.15) is 0 Å². The highest BCUT2D eigenvalue weighted by Gasteiger charge is 2.26. The smallest absolute Gasteiger partial charge is 0.159 e. The number of furan rings is 2. The molecule has 7 aromatic carbocycles. The molecule has 9 rings (SSSR count). The summed E-state index contributed by atoms with van der Waals surface area (Å²) in [4.78, 5) is 4.36. The average Bonchev–Trinajstić information content (AvgIpc) is 3.71. The molecular formula is C42H27ClN2O2. The van der Waals surface area contributed by atoms with E-state index >= 15 is 0 Å². The van der Waals surface area contributed by atoms with Crippen LogP contribution in [0.4, 0.5) is 34.1 Å². The summed E-state index contributed by atoms with van der Waals surface area (Å²) in [5, 5.41) is 4.83. The Labute approximate surface area is 276 Å². The van der Waals surface area contributed by atoms with Gasteiger partial charge in [-0.2, -0.15) is 0 Å². The minimum atomic E-state index is 0.585. The number of benzene rings is 7. The predicted octanol–water partition coefficient (Wildman–Crippen LogP) is 13.1. The quantitative estimate of drug-likeness (QED) is 0.184. The summed E-state index contributed by atoms with van der Waals surface area (Å²) >= 11 is 7.61. The van der Waals surface area contributed by atoms with Crippen molar-refractivity contribution in [3.63, 3.8) is 0 Å². The maximum atomic E-state index is 7.61. The third-order valence-corrected chi connectivity index (χ3v) is 9.10. The van der Waals surface area contributed by atoms with E-state index < -0.39 is 0 Å². The first-order chi connectivity index (χ1) is 23.3. The molecule has 0 spiro atoms. The zero-order valence-corrected chi connectivity index (χ0v) is 25.9. The number of hydrogen-bond acceptors (Lipinski definition) is 4. The number of anilines is 6. The molecule has 2 heterocycles. The number of nitrogens with zero attached hydrogens (tertiary/aromatic N) is 2. The van der Waals surface area contributed by atoms with Crippen molar-refractivity contribution in [2.75, 3.05) is 9.80 Å². The van der Waals surface area contributed by atoms with Crippen LogP contribution in [-0.2, 0) is 0 Å². The van der Waals surface area contributed by atoms with Gasteiger partial charge in [-0.05, 0) is 60.7 Å². The number of fused-ring (bicyclic) bond motifs is 6. The lowest BCUT2D eigenvalue weighted by Crippen LogP contribution is -2.14. The third-order valence-electron chi connectivity index (χ3n) is 8.72. The molecule has 0 aliphatic rings. The van der Waals surface area contributed by atoms with Gasteiger partial charge in [-0.3, -0.25) is 0 Å². The lowest BCUT2D eigenvalue weighted by molar-refractivity contribution is 0.669. The first-order valence-electron chi connectivity index (χ1n) is 15.6. The van der Waals surface area contributed by atoms with E-state index in [0.29, 0.717) is 5.02 Å². The van der Waals surface area contributed by atoms with E-state index in [4.69, 9.17) is 20.4 Å². The van der Waals surface area contributed by atoms with E-state index in [0.717, 1.165) is 78.0 Å². The molecule has 0 radical (unpaired) electrons. The van der Waals surface area contributed by atoms with Gasteiger partial charge in [-0.15, -0.1) is 0 Å². The number of para-hydroxylation sites is 6. The highest BCUT2D eigenvalue weighted by atomic mass is 35.5. The maximum absolute atomic E-state index is 7.61. The van der Waals surface area contributed by atoms with Crippen molar-refractivity contribution in [2.45, 2.75) is 0 Å². The van der Waals surface area contributed by atoms with Gasteiger partial charge in [-0.1, -0.05) is 115 Å². The van der Waals surface area contributed by atoms with E-state index in [-0.39, 0.29) is 0 Å². The van der Waals surface area contributed by atoms with Crippen molar-refractivity contribution in [3.05, 3.63) is 169 Å². The molecule has 0 aliphatic heterocycles. The van der Waals surface area contributed by atoms with Crippen molar-refractivity contribution >= 4 is 89.6 Å². The fourth-order valence-electron chi connectivity index (χ4n) is 6.64. The van der Waals surface area contributed by atoms with Gasteiger partial charge in [0.2, 0.25) is 0 Å². The second-order valence-electron chi connectivity index (χ2n) is 11.5. The van der Waals surface area contributed by atoms with Gasteiger partial charge < -0.3 is 18.6 Å². The molecular weight excluding hydrogens is 600 g/mol. The summed E-state index contributed by atoms with van der Waals surface area (Å²) in [6.07, 6.45) is 0. The molecule has 5 heteroatoms. The molecule has 0 saturated heterocycles. The average molecular weight is 627 g/mol. The van der Waals surface area contributed by atoms with Crippen LogP contribution in [0.2, 0.25) is 5.02 Å². The predicted molar refractivity (Wildman–Crippen MR) is 195 cm³/mol. The summed E-state index contributed by atoms with van der Waals surface area (Å²) in [5.74, 6) is 0. The molecule has 0 bridgehead atoms. The van der Waals surface area contributed by atoms with Crippen molar-refractivity contribution in [3.8, 4) is 0 Å². The van der Waals surface area contributed by atoms with Crippen LogP contribution in [0.5, 0.6) is 0 Å². The van der Waals surface area contributed by atoms with Crippen LogP contribution in [0.15, 0.2) is 173 Å². The van der Waals surface area contributed by atoms with Gasteiger partial charge in [0, 0.05) is 32.9 Å². The topological polar surface area (TPSA) is 32.8 Å². The minimum absolute atomic E-state index is 0.585. The first kappa shape index (κ1) is 27.3. The van der Waals surface area contributed by atoms with Crippen LogP contribution in [0, 0.1) is 0 Å². The van der Waals surface area contributed by atoms with Crippen LogP contribution in [0.3, 0.4) is 0 Å². The molecule has 0 aliphatic carbocycles. The molecule has 0 amide bonds. The largest absolute Gasteiger partial charge is 0.454 e. The van der Waals surface area contributed by atoms with Crippen molar-refractivity contribution < 1.29 is 8.83 Å². The van der Waals surface area contributed by atoms with Crippen molar-refractivity contribution in [1.82, 2.24) is 0 Å². The standard InChI is InChI=1S/C42H27ClN2O2/c43-40-34(44(28-14-3-1-4-15-28)36-24-11-20-32-30-18-7-9-26-38(30)46-41(32)36)22-13-23-35(40)45(29-16-5-2-6-17-29)37-25-12-21-33-31-19-8-10-27-39(31)47-42(33)37/h1-27H. The second kappa shape index (κ2) is 11.1. The Kier molecular flexibility index (Phi) is 6.47. The number of rotatable bonds is 6. The first-order valence-corrected chi connectivity index (χ1v) is 15.9. The fourth-order valence-corrected chi connectivity index (χ4v) is 6.94. The van der Waals surface area contributed by atoms with Gasteiger partial charge in [0.15, 0.2) is 11.2 Å². The van der Waals surface area contributed by atoms with Gasteiger partial charge in [0.25, 0.3) is 0 Å². The van der Waals surface area contributed by atoms with Gasteiger partial charge in [0.1, 0.15) is 11.2 Å². The molecule has 47 heavy (non-hydrogen) atoms. The van der Waals surface area contributed by atoms with E-state index in [9.17, 15) is 0 Å². The summed E-state index contributed by atoms with van der Waals surface area (Å²) in [7, 11) is 0. The van der Waals surface area contributed by atoms with E-state index in [1.807, 2.05) is 72.8 Å². The molecule has 9 aromatic rings. The summed E-state index contributed by atoms with van der Waals surface area (Å²) in [5.41, 5.74) is 8.65. The highest BCUT2D eigenvalue weighted by molar-refractivity contribution is 6.37.